The zero-order valence-corrected chi connectivity index (χ0v) is 12.2. The zero-order valence-electron chi connectivity index (χ0n) is 12.2. The fourth-order valence-corrected chi connectivity index (χ4v) is 3.64. The number of nitrogens with one attached hydrogen (secondary N) is 1. The number of hydrogen-bond acceptors (Lipinski definition) is 2. The lowest BCUT2D eigenvalue weighted by atomic mass is 9.98. The molecule has 0 bridgehead atoms. The number of nitrogens with zero attached hydrogens (tertiary/aromatic N) is 1. The Hall–Kier alpha value is -0.800. The van der Waals surface area contributed by atoms with Gasteiger partial charge < -0.3 is 14.6 Å². The molecule has 3 rings (SSSR count). The third-order valence-electron chi connectivity index (χ3n) is 4.97. The van der Waals surface area contributed by atoms with Gasteiger partial charge >= 0.3 is 0 Å². The summed E-state index contributed by atoms with van der Waals surface area (Å²) in [6, 6.07) is 2.63. The van der Waals surface area contributed by atoms with Crippen molar-refractivity contribution in [2.24, 2.45) is 0 Å². The van der Waals surface area contributed by atoms with Gasteiger partial charge in [-0.15, -0.1) is 0 Å². The van der Waals surface area contributed by atoms with Crippen molar-refractivity contribution >= 4 is 0 Å². The average Bonchev–Trinajstić information content (AvgIpc) is 3.13. The molecule has 106 valence electrons. The van der Waals surface area contributed by atoms with E-state index in [0.717, 1.165) is 6.54 Å². The summed E-state index contributed by atoms with van der Waals surface area (Å²) >= 11 is 0. The molecule has 2 heterocycles. The molecule has 2 fully saturated rings. The first-order chi connectivity index (χ1) is 9.21. The first-order valence-corrected chi connectivity index (χ1v) is 7.71. The van der Waals surface area contributed by atoms with Crippen molar-refractivity contribution in [3.8, 4) is 0 Å². The Bertz CT molecular complexity index is 420. The van der Waals surface area contributed by atoms with Crippen LogP contribution >= 0.6 is 0 Å². The highest BCUT2D eigenvalue weighted by Gasteiger charge is 2.42. The summed E-state index contributed by atoms with van der Waals surface area (Å²) in [5.74, 6) is 0. The van der Waals surface area contributed by atoms with Crippen molar-refractivity contribution in [1.29, 1.82) is 0 Å². The third kappa shape index (κ3) is 2.72. The highest BCUT2D eigenvalue weighted by Crippen LogP contribution is 2.43. The molecule has 1 aromatic heterocycles. The van der Waals surface area contributed by atoms with E-state index in [0.29, 0.717) is 12.1 Å². The second kappa shape index (κ2) is 5.29. The molecule has 1 N–H and O–H groups in total. The monoisotopic (exact) mass is 262 g/mol. The van der Waals surface area contributed by atoms with Crippen molar-refractivity contribution in [2.75, 3.05) is 7.05 Å². The number of ether oxygens (including phenoxy) is 1. The molecule has 0 amide bonds. The van der Waals surface area contributed by atoms with Gasteiger partial charge in [0.15, 0.2) is 0 Å². The van der Waals surface area contributed by atoms with Gasteiger partial charge in [-0.25, -0.2) is 0 Å². The fraction of sp³-hybridized carbons (Fsp3) is 0.750. The molecular formula is C16H26N2O. The number of aromatic nitrogens is 1. The first-order valence-electron chi connectivity index (χ1n) is 7.71. The van der Waals surface area contributed by atoms with Gasteiger partial charge in [0, 0.05) is 25.0 Å². The molecule has 1 aliphatic heterocycles. The summed E-state index contributed by atoms with van der Waals surface area (Å²) in [6.45, 7) is 3.21. The third-order valence-corrected chi connectivity index (χ3v) is 4.97. The molecule has 0 radical (unpaired) electrons. The average molecular weight is 262 g/mol. The van der Waals surface area contributed by atoms with Crippen molar-refractivity contribution in [1.82, 2.24) is 9.88 Å². The number of hydrogen-bond donors (Lipinski definition) is 1. The molecule has 2 atom stereocenters. The lowest BCUT2D eigenvalue weighted by Gasteiger charge is -2.24. The Morgan fingerprint density at radius 3 is 2.95 bits per heavy atom. The summed E-state index contributed by atoms with van der Waals surface area (Å²) in [4.78, 5) is 0. The predicted octanol–water partition coefficient (Wildman–Crippen LogP) is 3.26. The van der Waals surface area contributed by atoms with Crippen LogP contribution in [0.5, 0.6) is 0 Å². The SMILES string of the molecule is CNC(C)c1ccn(CC2CCC3(CCCC3)O2)c1. The van der Waals surface area contributed by atoms with Crippen LogP contribution in [-0.4, -0.2) is 23.3 Å². The van der Waals surface area contributed by atoms with Crippen molar-refractivity contribution in [3.63, 3.8) is 0 Å². The van der Waals surface area contributed by atoms with Crippen LogP contribution < -0.4 is 5.32 Å². The Morgan fingerprint density at radius 2 is 2.21 bits per heavy atom. The standard InChI is InChI=1S/C16H26N2O/c1-13(17-2)14-6-10-18(11-14)12-15-5-9-16(19-15)7-3-4-8-16/h6,10-11,13,15,17H,3-5,7-9,12H2,1-2H3. The fourth-order valence-electron chi connectivity index (χ4n) is 3.64. The Balaban J connectivity index is 1.58. The maximum absolute atomic E-state index is 6.37. The lowest BCUT2D eigenvalue weighted by molar-refractivity contribution is -0.0417. The zero-order chi connectivity index (χ0) is 13.3. The van der Waals surface area contributed by atoms with Gasteiger partial charge in [-0.3, -0.25) is 0 Å². The van der Waals surface area contributed by atoms with Crippen LogP contribution in [0.4, 0.5) is 0 Å². The van der Waals surface area contributed by atoms with Gasteiger partial charge in [-0.2, -0.15) is 0 Å². The molecule has 19 heavy (non-hydrogen) atoms. The molecule has 1 aromatic rings. The molecule has 1 saturated heterocycles. The second-order valence-corrected chi connectivity index (χ2v) is 6.32. The van der Waals surface area contributed by atoms with Crippen molar-refractivity contribution < 1.29 is 4.74 Å². The van der Waals surface area contributed by atoms with Gasteiger partial charge in [0.25, 0.3) is 0 Å². The maximum atomic E-state index is 6.37. The van der Waals surface area contributed by atoms with E-state index in [-0.39, 0.29) is 5.60 Å². The van der Waals surface area contributed by atoms with Crippen LogP contribution in [-0.2, 0) is 11.3 Å². The molecule has 1 aliphatic carbocycles. The van der Waals surface area contributed by atoms with Crippen molar-refractivity contribution in [2.45, 2.75) is 69.7 Å². The minimum absolute atomic E-state index is 0.263. The highest BCUT2D eigenvalue weighted by molar-refractivity contribution is 5.14. The predicted molar refractivity (Wildman–Crippen MR) is 77.2 cm³/mol. The van der Waals surface area contributed by atoms with Crippen LogP contribution in [0.15, 0.2) is 18.5 Å². The number of rotatable bonds is 4. The van der Waals surface area contributed by atoms with Crippen LogP contribution in [0.2, 0.25) is 0 Å². The minimum Gasteiger partial charge on any atom is -0.370 e. The van der Waals surface area contributed by atoms with Gasteiger partial charge in [-0.1, -0.05) is 12.8 Å². The summed E-state index contributed by atoms with van der Waals surface area (Å²) in [7, 11) is 2.01. The van der Waals surface area contributed by atoms with Crippen molar-refractivity contribution in [3.05, 3.63) is 24.0 Å². The summed E-state index contributed by atoms with van der Waals surface area (Å²) in [6.07, 6.45) is 12.7. The van der Waals surface area contributed by atoms with E-state index in [4.69, 9.17) is 4.74 Å². The molecule has 0 aromatic carbocycles. The van der Waals surface area contributed by atoms with Crippen LogP contribution in [0.1, 0.15) is 57.1 Å². The molecular weight excluding hydrogens is 236 g/mol. The molecule has 3 heteroatoms. The van der Waals surface area contributed by atoms with Gasteiger partial charge in [0.05, 0.1) is 11.7 Å². The molecule has 1 spiro atoms. The van der Waals surface area contributed by atoms with E-state index in [1.807, 2.05) is 7.05 Å². The first kappa shape index (κ1) is 13.2. The maximum Gasteiger partial charge on any atom is 0.0762 e. The minimum atomic E-state index is 0.263. The molecule has 2 unspecified atom stereocenters. The second-order valence-electron chi connectivity index (χ2n) is 6.32. The van der Waals surface area contributed by atoms with Crippen LogP contribution in [0.3, 0.4) is 0 Å². The van der Waals surface area contributed by atoms with Gasteiger partial charge in [0.2, 0.25) is 0 Å². The summed E-state index contributed by atoms with van der Waals surface area (Å²) in [5, 5.41) is 3.28. The van der Waals surface area contributed by atoms with E-state index in [1.54, 1.807) is 0 Å². The smallest absolute Gasteiger partial charge is 0.0762 e. The molecule has 2 aliphatic rings. The Kier molecular flexibility index (Phi) is 3.68. The van der Waals surface area contributed by atoms with E-state index < -0.39 is 0 Å². The van der Waals surface area contributed by atoms with E-state index in [2.05, 4.69) is 35.3 Å². The Labute approximate surface area is 116 Å². The largest absolute Gasteiger partial charge is 0.370 e. The van der Waals surface area contributed by atoms with Crippen LogP contribution in [0, 0.1) is 0 Å². The summed E-state index contributed by atoms with van der Waals surface area (Å²) in [5.41, 5.74) is 1.62. The van der Waals surface area contributed by atoms with E-state index in [1.165, 1.54) is 44.1 Å². The highest BCUT2D eigenvalue weighted by atomic mass is 16.5. The molecule has 3 nitrogen and oxygen atoms in total. The lowest BCUT2D eigenvalue weighted by Crippen LogP contribution is -2.26. The van der Waals surface area contributed by atoms with E-state index >= 15 is 0 Å². The van der Waals surface area contributed by atoms with Gasteiger partial charge in [0.1, 0.15) is 0 Å². The Morgan fingerprint density at radius 1 is 1.42 bits per heavy atom. The summed E-state index contributed by atoms with van der Waals surface area (Å²) < 4.78 is 8.67. The van der Waals surface area contributed by atoms with Gasteiger partial charge in [-0.05, 0) is 51.3 Å². The van der Waals surface area contributed by atoms with E-state index in [9.17, 15) is 0 Å². The quantitative estimate of drug-likeness (QED) is 0.901. The topological polar surface area (TPSA) is 26.2 Å². The van der Waals surface area contributed by atoms with Crippen LogP contribution in [0.25, 0.3) is 0 Å². The molecule has 1 saturated carbocycles. The normalized spacial score (nSPS) is 27.2.